The predicted molar refractivity (Wildman–Crippen MR) is 83.1 cm³/mol. The first-order valence-electron chi connectivity index (χ1n) is 6.98. The van der Waals surface area contributed by atoms with Gasteiger partial charge in [0.2, 0.25) is 0 Å². The molecular formula is C16H17FN2O4. The molecule has 0 aliphatic carbocycles. The highest BCUT2D eigenvalue weighted by Gasteiger charge is 2.21. The van der Waals surface area contributed by atoms with E-state index in [1.807, 2.05) is 0 Å². The Bertz CT molecular complexity index is 767. The van der Waals surface area contributed by atoms with Crippen LogP contribution < -0.4 is 10.1 Å². The lowest BCUT2D eigenvalue weighted by atomic mass is 10.2. The number of hydrogen-bond acceptors (Lipinski definition) is 3. The van der Waals surface area contributed by atoms with Crippen LogP contribution in [0.3, 0.4) is 0 Å². The fraction of sp³-hybridized carbons (Fsp3) is 0.250. The van der Waals surface area contributed by atoms with Crippen LogP contribution in [0.25, 0.3) is 10.9 Å². The van der Waals surface area contributed by atoms with Crippen molar-refractivity contribution in [3.05, 3.63) is 41.9 Å². The maximum absolute atomic E-state index is 13.8. The van der Waals surface area contributed by atoms with Gasteiger partial charge in [0, 0.05) is 5.39 Å². The molecule has 0 aliphatic rings. The number of carbonyl (C=O) groups excluding carboxylic acids is 1. The van der Waals surface area contributed by atoms with Crippen LogP contribution >= 0.6 is 0 Å². The van der Waals surface area contributed by atoms with Crippen LogP contribution in [0.15, 0.2) is 30.4 Å². The van der Waals surface area contributed by atoms with Crippen molar-refractivity contribution in [3.8, 4) is 5.75 Å². The second kappa shape index (κ2) is 6.95. The number of benzene rings is 1. The maximum atomic E-state index is 13.8. The minimum Gasteiger partial charge on any atom is -0.496 e. The zero-order valence-electron chi connectivity index (χ0n) is 12.7. The minimum atomic E-state index is -1.14. The van der Waals surface area contributed by atoms with E-state index >= 15 is 0 Å². The number of H-pyrrole nitrogens is 1. The van der Waals surface area contributed by atoms with Gasteiger partial charge in [-0.25, -0.2) is 9.18 Å². The Balaban J connectivity index is 2.30. The molecule has 6 nitrogen and oxygen atoms in total. The van der Waals surface area contributed by atoms with Gasteiger partial charge in [0.1, 0.15) is 23.3 Å². The van der Waals surface area contributed by atoms with Crippen LogP contribution in [0.4, 0.5) is 4.39 Å². The van der Waals surface area contributed by atoms with Crippen molar-refractivity contribution in [1.82, 2.24) is 10.3 Å². The third-order valence-electron chi connectivity index (χ3n) is 3.38. The molecule has 0 bridgehead atoms. The first kappa shape index (κ1) is 16.5. The van der Waals surface area contributed by atoms with E-state index < -0.39 is 23.7 Å². The monoisotopic (exact) mass is 320 g/mol. The number of nitrogens with one attached hydrogen (secondary N) is 2. The number of hydrogen-bond donors (Lipinski definition) is 3. The quantitative estimate of drug-likeness (QED) is 0.713. The second-order valence-corrected chi connectivity index (χ2v) is 4.89. The number of rotatable bonds is 6. The van der Waals surface area contributed by atoms with Gasteiger partial charge in [-0.3, -0.25) is 4.79 Å². The van der Waals surface area contributed by atoms with Gasteiger partial charge in [0.25, 0.3) is 5.91 Å². The summed E-state index contributed by atoms with van der Waals surface area (Å²) >= 11 is 0. The van der Waals surface area contributed by atoms with E-state index in [0.717, 1.165) is 0 Å². The molecule has 1 unspecified atom stereocenters. The van der Waals surface area contributed by atoms with Gasteiger partial charge in [-0.15, -0.1) is 0 Å². The van der Waals surface area contributed by atoms with Crippen molar-refractivity contribution in [1.29, 1.82) is 0 Å². The lowest BCUT2D eigenvalue weighted by Crippen LogP contribution is -2.40. The summed E-state index contributed by atoms with van der Waals surface area (Å²) in [6, 6.07) is 3.06. The van der Waals surface area contributed by atoms with Gasteiger partial charge in [-0.2, -0.15) is 0 Å². The van der Waals surface area contributed by atoms with Crippen LogP contribution in [0.1, 0.15) is 23.8 Å². The Morgan fingerprint density at radius 2 is 2.22 bits per heavy atom. The van der Waals surface area contributed by atoms with Crippen LogP contribution in [0.2, 0.25) is 0 Å². The number of aromatic amines is 1. The summed E-state index contributed by atoms with van der Waals surface area (Å²) in [7, 11) is 1.44. The SMILES string of the molecule is C/C=C/CC(NC(=O)c1cc2c(OC)ccc(F)c2[nH]1)C(=O)O. The average Bonchev–Trinajstić information content (AvgIpc) is 2.97. The number of amides is 1. The molecule has 0 radical (unpaired) electrons. The van der Waals surface area contributed by atoms with Crippen molar-refractivity contribution in [2.45, 2.75) is 19.4 Å². The molecule has 23 heavy (non-hydrogen) atoms. The first-order valence-corrected chi connectivity index (χ1v) is 6.98. The molecule has 0 spiro atoms. The predicted octanol–water partition coefficient (Wildman–Crippen LogP) is 2.46. The number of allylic oxidation sites excluding steroid dienone is 1. The number of aromatic nitrogens is 1. The summed E-state index contributed by atoms with van der Waals surface area (Å²) in [6.07, 6.45) is 3.51. The number of methoxy groups -OCH3 is 1. The highest BCUT2D eigenvalue weighted by atomic mass is 19.1. The number of ether oxygens (including phenoxy) is 1. The molecule has 0 fully saturated rings. The number of halogens is 1. The molecule has 2 aromatic rings. The van der Waals surface area contributed by atoms with Gasteiger partial charge in [-0.05, 0) is 31.5 Å². The van der Waals surface area contributed by atoms with Crippen LogP contribution in [0, 0.1) is 5.82 Å². The highest BCUT2D eigenvalue weighted by Crippen LogP contribution is 2.28. The number of carboxylic acid groups (broad SMARTS) is 1. The Labute approximate surface area is 131 Å². The van der Waals surface area contributed by atoms with Crippen molar-refractivity contribution < 1.29 is 23.8 Å². The topological polar surface area (TPSA) is 91.4 Å². The van der Waals surface area contributed by atoms with Gasteiger partial charge < -0.3 is 20.1 Å². The fourth-order valence-corrected chi connectivity index (χ4v) is 2.19. The Morgan fingerprint density at radius 3 is 2.83 bits per heavy atom. The number of carbonyl (C=O) groups is 2. The normalized spacial score (nSPS) is 12.5. The summed E-state index contributed by atoms with van der Waals surface area (Å²) in [4.78, 5) is 26.0. The molecule has 1 atom stereocenters. The standard InChI is InChI=1S/C16H17FN2O4/c1-3-4-5-11(16(21)22)19-15(20)12-8-9-13(23-2)7-6-10(17)14(9)18-12/h3-4,6-8,11,18H,5H2,1-2H3,(H,19,20)(H,21,22)/b4-3+. The Morgan fingerprint density at radius 1 is 1.48 bits per heavy atom. The molecule has 0 saturated carbocycles. The molecule has 1 aromatic heterocycles. The van der Waals surface area contributed by atoms with Crippen molar-refractivity contribution in [2.24, 2.45) is 0 Å². The molecule has 122 valence electrons. The molecule has 1 aromatic carbocycles. The van der Waals surface area contributed by atoms with Gasteiger partial charge in [-0.1, -0.05) is 12.2 Å². The molecule has 0 aliphatic heterocycles. The number of aliphatic carboxylic acids is 1. The number of fused-ring (bicyclic) bond motifs is 1. The molecular weight excluding hydrogens is 303 g/mol. The molecule has 1 heterocycles. The number of carboxylic acids is 1. The summed E-state index contributed by atoms with van der Waals surface area (Å²) in [6.45, 7) is 1.76. The van der Waals surface area contributed by atoms with Crippen LogP contribution in [0.5, 0.6) is 5.75 Å². The largest absolute Gasteiger partial charge is 0.496 e. The average molecular weight is 320 g/mol. The Hall–Kier alpha value is -2.83. The third kappa shape index (κ3) is 3.50. The summed E-state index contributed by atoms with van der Waals surface area (Å²) in [5.74, 6) is -1.88. The molecule has 7 heteroatoms. The summed E-state index contributed by atoms with van der Waals surface area (Å²) < 4.78 is 18.9. The van der Waals surface area contributed by atoms with E-state index in [-0.39, 0.29) is 17.6 Å². The van der Waals surface area contributed by atoms with Crippen molar-refractivity contribution in [3.63, 3.8) is 0 Å². The summed E-state index contributed by atoms with van der Waals surface area (Å²) in [5.41, 5.74) is 0.199. The zero-order chi connectivity index (χ0) is 17.0. The van der Waals surface area contributed by atoms with E-state index in [1.54, 1.807) is 19.1 Å². The third-order valence-corrected chi connectivity index (χ3v) is 3.38. The van der Waals surface area contributed by atoms with Crippen molar-refractivity contribution in [2.75, 3.05) is 7.11 Å². The van der Waals surface area contributed by atoms with Crippen LogP contribution in [-0.4, -0.2) is 35.1 Å². The van der Waals surface area contributed by atoms with Crippen LogP contribution in [-0.2, 0) is 4.79 Å². The van der Waals surface area contributed by atoms with E-state index in [2.05, 4.69) is 10.3 Å². The van der Waals surface area contributed by atoms with E-state index in [0.29, 0.717) is 11.1 Å². The lowest BCUT2D eigenvalue weighted by molar-refractivity contribution is -0.139. The fourth-order valence-electron chi connectivity index (χ4n) is 2.19. The molecule has 2 rings (SSSR count). The van der Waals surface area contributed by atoms with Gasteiger partial charge >= 0.3 is 5.97 Å². The highest BCUT2D eigenvalue weighted by molar-refractivity contribution is 6.01. The maximum Gasteiger partial charge on any atom is 0.326 e. The smallest absolute Gasteiger partial charge is 0.326 e. The zero-order valence-corrected chi connectivity index (χ0v) is 12.7. The lowest BCUT2D eigenvalue weighted by Gasteiger charge is -2.11. The van der Waals surface area contributed by atoms with Gasteiger partial charge in [0.15, 0.2) is 0 Å². The second-order valence-electron chi connectivity index (χ2n) is 4.89. The first-order chi connectivity index (χ1) is 11.0. The summed E-state index contributed by atoms with van der Waals surface area (Å²) in [5, 5.41) is 11.9. The Kier molecular flexibility index (Phi) is 5.00. The van der Waals surface area contributed by atoms with E-state index in [9.17, 15) is 14.0 Å². The molecule has 3 N–H and O–H groups in total. The molecule has 1 amide bonds. The minimum absolute atomic E-state index is 0.0649. The van der Waals surface area contributed by atoms with Gasteiger partial charge in [0.05, 0.1) is 12.6 Å². The van der Waals surface area contributed by atoms with E-state index in [4.69, 9.17) is 9.84 Å². The van der Waals surface area contributed by atoms with E-state index in [1.165, 1.54) is 25.3 Å². The molecule has 0 saturated heterocycles. The van der Waals surface area contributed by atoms with Crippen molar-refractivity contribution >= 4 is 22.8 Å².